The highest BCUT2D eigenvalue weighted by atomic mass is 32.2. The van der Waals surface area contributed by atoms with Crippen molar-refractivity contribution in [3.63, 3.8) is 0 Å². The Morgan fingerprint density at radius 1 is 0.957 bits per heavy atom. The lowest BCUT2D eigenvalue weighted by atomic mass is 9.78. The molecule has 3 atom stereocenters. The van der Waals surface area contributed by atoms with Crippen LogP contribution in [0, 0.1) is 0 Å². The molecule has 3 N–H and O–H groups in total. The van der Waals surface area contributed by atoms with Gasteiger partial charge in [0.15, 0.2) is 0 Å². The number of aliphatic hydroxyl groups excluding tert-OH is 1. The Balaban J connectivity index is 1.69. The summed E-state index contributed by atoms with van der Waals surface area (Å²) in [6, 6.07) is 18.1. The number of hydrogen-bond donors (Lipinski definition) is 3. The van der Waals surface area contributed by atoms with E-state index in [9.17, 15) is 13.5 Å². The van der Waals surface area contributed by atoms with E-state index in [1.54, 1.807) is 30.3 Å². The average molecular weight is 332 g/mol. The minimum Gasteiger partial charge on any atom is -0.395 e. The average Bonchev–Trinajstić information content (AvgIpc) is 2.56. The van der Waals surface area contributed by atoms with E-state index < -0.39 is 10.0 Å². The fourth-order valence-electron chi connectivity index (χ4n) is 3.02. The highest BCUT2D eigenvalue weighted by Gasteiger charge is 2.41. The van der Waals surface area contributed by atoms with Crippen molar-refractivity contribution in [2.75, 3.05) is 13.2 Å². The van der Waals surface area contributed by atoms with Crippen LogP contribution < -0.4 is 10.0 Å². The van der Waals surface area contributed by atoms with Gasteiger partial charge in [-0.1, -0.05) is 48.5 Å². The summed E-state index contributed by atoms with van der Waals surface area (Å²) in [5, 5.41) is 12.7. The van der Waals surface area contributed by atoms with E-state index in [1.807, 2.05) is 30.3 Å². The summed E-state index contributed by atoms with van der Waals surface area (Å²) in [4.78, 5) is 0.259. The number of nitrogens with one attached hydrogen (secondary N) is 2. The molecule has 1 heterocycles. The molecule has 1 fully saturated rings. The Hall–Kier alpha value is -1.73. The first-order valence-electron chi connectivity index (χ1n) is 7.58. The molecule has 0 amide bonds. The van der Waals surface area contributed by atoms with Crippen molar-refractivity contribution >= 4 is 10.0 Å². The van der Waals surface area contributed by atoms with Crippen molar-refractivity contribution in [3.8, 4) is 0 Å². The second-order valence-corrected chi connectivity index (χ2v) is 7.43. The van der Waals surface area contributed by atoms with Crippen LogP contribution in [0.2, 0.25) is 0 Å². The molecule has 0 radical (unpaired) electrons. The third-order valence-corrected chi connectivity index (χ3v) is 5.66. The molecule has 1 aliphatic rings. The normalized spacial score (nSPS) is 24.1. The molecule has 122 valence electrons. The van der Waals surface area contributed by atoms with Gasteiger partial charge in [0, 0.05) is 24.5 Å². The van der Waals surface area contributed by atoms with Gasteiger partial charge in [-0.25, -0.2) is 13.1 Å². The van der Waals surface area contributed by atoms with Gasteiger partial charge in [0.05, 0.1) is 11.5 Å². The summed E-state index contributed by atoms with van der Waals surface area (Å²) < 4.78 is 27.2. The Morgan fingerprint density at radius 3 is 2.17 bits per heavy atom. The van der Waals surface area contributed by atoms with Crippen molar-refractivity contribution in [1.82, 2.24) is 10.0 Å². The maximum atomic E-state index is 12.3. The molecule has 1 aliphatic heterocycles. The molecule has 6 heteroatoms. The maximum absolute atomic E-state index is 12.3. The molecule has 0 aromatic heterocycles. The summed E-state index contributed by atoms with van der Waals surface area (Å²) in [6.07, 6.45) is 0. The maximum Gasteiger partial charge on any atom is 0.240 e. The van der Waals surface area contributed by atoms with Gasteiger partial charge >= 0.3 is 0 Å². The highest BCUT2D eigenvalue weighted by molar-refractivity contribution is 7.89. The van der Waals surface area contributed by atoms with E-state index in [2.05, 4.69) is 10.0 Å². The topological polar surface area (TPSA) is 78.4 Å². The zero-order valence-electron chi connectivity index (χ0n) is 12.6. The van der Waals surface area contributed by atoms with Crippen LogP contribution in [0.15, 0.2) is 65.6 Å². The van der Waals surface area contributed by atoms with E-state index in [0.29, 0.717) is 0 Å². The number of sulfonamides is 1. The van der Waals surface area contributed by atoms with Crippen LogP contribution in [0.25, 0.3) is 0 Å². The number of benzene rings is 2. The van der Waals surface area contributed by atoms with Gasteiger partial charge in [0.1, 0.15) is 0 Å². The van der Waals surface area contributed by atoms with Crippen LogP contribution in [0.5, 0.6) is 0 Å². The van der Waals surface area contributed by atoms with E-state index in [4.69, 9.17) is 0 Å². The molecule has 0 spiro atoms. The second-order valence-electron chi connectivity index (χ2n) is 5.66. The van der Waals surface area contributed by atoms with Crippen molar-refractivity contribution in [1.29, 1.82) is 0 Å². The minimum absolute atomic E-state index is 0.0293. The molecule has 3 rings (SSSR count). The summed E-state index contributed by atoms with van der Waals surface area (Å²) in [6.45, 7) is 0.314. The molecule has 23 heavy (non-hydrogen) atoms. The van der Waals surface area contributed by atoms with E-state index >= 15 is 0 Å². The molecular formula is C17H20N2O3S. The molecule has 2 aromatic rings. The molecule has 2 aromatic carbocycles. The number of aliphatic hydroxyl groups is 1. The lowest BCUT2D eigenvalue weighted by molar-refractivity contribution is 0.129. The monoisotopic (exact) mass is 332 g/mol. The van der Waals surface area contributed by atoms with Crippen LogP contribution >= 0.6 is 0 Å². The number of rotatable bonds is 6. The Kier molecular flexibility index (Phi) is 4.77. The first-order chi connectivity index (χ1) is 11.1. The standard InChI is InChI=1S/C17H20N2O3S/c20-12-16-17(13-7-3-1-4-8-13)15(19-16)11-18-23(21,22)14-9-5-2-6-10-14/h1-10,15-20H,11-12H2/t15-,16-,17+/m0/s1. The summed E-state index contributed by atoms with van der Waals surface area (Å²) in [5.74, 6) is 0.0969. The second kappa shape index (κ2) is 6.80. The molecule has 5 nitrogen and oxygen atoms in total. The van der Waals surface area contributed by atoms with Crippen LogP contribution in [0.4, 0.5) is 0 Å². The lowest BCUT2D eigenvalue weighted by Gasteiger charge is -2.46. The Morgan fingerprint density at radius 2 is 1.57 bits per heavy atom. The molecule has 1 saturated heterocycles. The summed E-state index contributed by atoms with van der Waals surface area (Å²) in [7, 11) is -3.51. The van der Waals surface area contributed by atoms with Gasteiger partial charge < -0.3 is 10.4 Å². The molecule has 0 aliphatic carbocycles. The minimum atomic E-state index is -3.51. The van der Waals surface area contributed by atoms with Gasteiger partial charge in [0.2, 0.25) is 10.0 Å². The quantitative estimate of drug-likeness (QED) is 0.740. The molecule has 0 unspecified atom stereocenters. The predicted molar refractivity (Wildman–Crippen MR) is 88.6 cm³/mol. The predicted octanol–water partition coefficient (Wildman–Crippen LogP) is 1.08. The van der Waals surface area contributed by atoms with Crippen LogP contribution in [-0.2, 0) is 10.0 Å². The van der Waals surface area contributed by atoms with Crippen LogP contribution in [-0.4, -0.2) is 38.8 Å². The van der Waals surface area contributed by atoms with Crippen molar-refractivity contribution < 1.29 is 13.5 Å². The van der Waals surface area contributed by atoms with Gasteiger partial charge in [0.25, 0.3) is 0 Å². The zero-order valence-corrected chi connectivity index (χ0v) is 13.4. The van der Waals surface area contributed by atoms with E-state index in [1.165, 1.54) is 0 Å². The third-order valence-electron chi connectivity index (χ3n) is 4.22. The fourth-order valence-corrected chi connectivity index (χ4v) is 4.10. The summed E-state index contributed by atoms with van der Waals surface area (Å²) in [5.41, 5.74) is 1.11. The first kappa shape index (κ1) is 16.1. The number of hydrogen-bond acceptors (Lipinski definition) is 4. The smallest absolute Gasteiger partial charge is 0.240 e. The van der Waals surface area contributed by atoms with Crippen molar-refractivity contribution in [2.24, 2.45) is 0 Å². The fraction of sp³-hybridized carbons (Fsp3) is 0.294. The Bertz CT molecular complexity index is 735. The van der Waals surface area contributed by atoms with Gasteiger partial charge in [-0.15, -0.1) is 0 Å². The van der Waals surface area contributed by atoms with E-state index in [0.717, 1.165) is 5.56 Å². The van der Waals surface area contributed by atoms with E-state index in [-0.39, 0.29) is 36.0 Å². The molecular weight excluding hydrogens is 312 g/mol. The highest BCUT2D eigenvalue weighted by Crippen LogP contribution is 2.31. The Labute approximate surface area is 136 Å². The van der Waals surface area contributed by atoms with Crippen LogP contribution in [0.3, 0.4) is 0 Å². The lowest BCUT2D eigenvalue weighted by Crippen LogP contribution is -2.64. The van der Waals surface area contributed by atoms with Gasteiger partial charge in [-0.2, -0.15) is 0 Å². The largest absolute Gasteiger partial charge is 0.395 e. The third kappa shape index (κ3) is 3.45. The van der Waals surface area contributed by atoms with Gasteiger partial charge in [-0.05, 0) is 17.7 Å². The molecule has 0 saturated carbocycles. The zero-order chi connectivity index (χ0) is 16.3. The van der Waals surface area contributed by atoms with Gasteiger partial charge in [-0.3, -0.25) is 0 Å². The first-order valence-corrected chi connectivity index (χ1v) is 9.07. The van der Waals surface area contributed by atoms with Crippen molar-refractivity contribution in [3.05, 3.63) is 66.2 Å². The SMILES string of the molecule is O=S(=O)(NC[C@@H]1N[C@@H](CO)[C@@H]1c1ccccc1)c1ccccc1. The molecule has 0 bridgehead atoms. The van der Waals surface area contributed by atoms with Crippen molar-refractivity contribution in [2.45, 2.75) is 22.9 Å². The van der Waals surface area contributed by atoms with Crippen LogP contribution in [0.1, 0.15) is 11.5 Å². The summed E-state index contributed by atoms with van der Waals surface area (Å²) >= 11 is 0.